The number of hydrogen-bond donors (Lipinski definition) is 1. The van der Waals surface area contributed by atoms with E-state index in [1.165, 1.54) is 23.5 Å². The lowest BCUT2D eigenvalue weighted by atomic mass is 10.2. The predicted molar refractivity (Wildman–Crippen MR) is 69.6 cm³/mol. The fraction of sp³-hybridized carbons (Fsp3) is 0.273. The average Bonchev–Trinajstić information content (AvgIpc) is 2.84. The zero-order valence-electron chi connectivity index (χ0n) is 10.1. The van der Waals surface area contributed by atoms with Crippen molar-refractivity contribution in [2.24, 2.45) is 0 Å². The number of hydrogen-bond acceptors (Lipinski definition) is 6. The first-order valence-corrected chi connectivity index (χ1v) is 6.34. The van der Waals surface area contributed by atoms with E-state index in [4.69, 9.17) is 0 Å². The standard InChI is InChI=1S/C11H11FN4O2S/c1-13-5-4-10-14-15-11(19-10)8-3-2-7(16(17)18)6-9(8)12/h2-3,6,13H,4-5H2,1H3. The van der Waals surface area contributed by atoms with E-state index >= 15 is 0 Å². The van der Waals surface area contributed by atoms with Crippen molar-refractivity contribution < 1.29 is 9.31 Å². The first-order valence-electron chi connectivity index (χ1n) is 5.53. The number of aromatic nitrogens is 2. The van der Waals surface area contributed by atoms with Gasteiger partial charge in [-0.05, 0) is 13.1 Å². The van der Waals surface area contributed by atoms with Crippen molar-refractivity contribution >= 4 is 17.0 Å². The van der Waals surface area contributed by atoms with Crippen LogP contribution in [0, 0.1) is 15.9 Å². The lowest BCUT2D eigenvalue weighted by Crippen LogP contribution is -2.09. The van der Waals surface area contributed by atoms with Crippen LogP contribution in [0.25, 0.3) is 10.6 Å². The number of likely N-dealkylation sites (N-methyl/N-ethyl adjacent to an activating group) is 1. The number of rotatable bonds is 5. The monoisotopic (exact) mass is 282 g/mol. The summed E-state index contributed by atoms with van der Waals surface area (Å²) in [6.07, 6.45) is 0.711. The Morgan fingerprint density at radius 1 is 1.47 bits per heavy atom. The maximum atomic E-state index is 13.8. The molecule has 2 aromatic rings. The van der Waals surface area contributed by atoms with Gasteiger partial charge in [0.1, 0.15) is 10.8 Å². The molecule has 0 fully saturated rings. The van der Waals surface area contributed by atoms with Gasteiger partial charge in [0.25, 0.3) is 5.69 Å². The molecule has 0 aliphatic heterocycles. The third-order valence-corrected chi connectivity index (χ3v) is 3.47. The molecule has 1 aromatic heterocycles. The van der Waals surface area contributed by atoms with Crippen LogP contribution in [0.3, 0.4) is 0 Å². The number of non-ortho nitro benzene ring substituents is 1. The van der Waals surface area contributed by atoms with Gasteiger partial charge in [-0.3, -0.25) is 10.1 Å². The minimum absolute atomic E-state index is 0.235. The maximum Gasteiger partial charge on any atom is 0.272 e. The van der Waals surface area contributed by atoms with Gasteiger partial charge in [-0.1, -0.05) is 11.3 Å². The van der Waals surface area contributed by atoms with Gasteiger partial charge < -0.3 is 5.32 Å². The molecule has 0 atom stereocenters. The molecule has 8 heteroatoms. The summed E-state index contributed by atoms with van der Waals surface area (Å²) in [5, 5.41) is 22.6. The van der Waals surface area contributed by atoms with Crippen LogP contribution in [0.2, 0.25) is 0 Å². The molecule has 2 rings (SSSR count). The molecule has 0 saturated heterocycles. The number of nitrogens with zero attached hydrogens (tertiary/aromatic N) is 3. The summed E-state index contributed by atoms with van der Waals surface area (Å²) < 4.78 is 13.8. The molecule has 100 valence electrons. The molecule has 1 N–H and O–H groups in total. The average molecular weight is 282 g/mol. The predicted octanol–water partition coefficient (Wildman–Crippen LogP) is 2.01. The van der Waals surface area contributed by atoms with E-state index in [2.05, 4.69) is 15.5 Å². The second-order valence-corrected chi connectivity index (χ2v) is 4.84. The summed E-state index contributed by atoms with van der Waals surface area (Å²) in [7, 11) is 1.83. The van der Waals surface area contributed by atoms with Gasteiger partial charge in [-0.2, -0.15) is 0 Å². The van der Waals surface area contributed by atoms with Crippen LogP contribution in [0.15, 0.2) is 18.2 Å². The smallest absolute Gasteiger partial charge is 0.272 e. The van der Waals surface area contributed by atoms with Crippen molar-refractivity contribution in [1.82, 2.24) is 15.5 Å². The fourth-order valence-corrected chi connectivity index (χ4v) is 2.35. The fourth-order valence-electron chi connectivity index (χ4n) is 1.49. The van der Waals surface area contributed by atoms with Gasteiger partial charge in [0.2, 0.25) is 0 Å². The molecule has 0 saturated carbocycles. The maximum absolute atomic E-state index is 13.8. The Labute approximate surface area is 112 Å². The Morgan fingerprint density at radius 3 is 2.89 bits per heavy atom. The van der Waals surface area contributed by atoms with E-state index in [0.717, 1.165) is 17.6 Å². The normalized spacial score (nSPS) is 10.6. The Morgan fingerprint density at radius 2 is 2.26 bits per heavy atom. The summed E-state index contributed by atoms with van der Waals surface area (Å²) in [6, 6.07) is 3.51. The van der Waals surface area contributed by atoms with Crippen molar-refractivity contribution in [3.63, 3.8) is 0 Å². The third kappa shape index (κ3) is 3.09. The molecule has 1 heterocycles. The van der Waals surface area contributed by atoms with Crippen LogP contribution in [-0.2, 0) is 6.42 Å². The molecule has 1 aromatic carbocycles. The second kappa shape index (κ2) is 5.81. The number of nitro groups is 1. The van der Waals surface area contributed by atoms with E-state index in [1.54, 1.807) is 0 Å². The van der Waals surface area contributed by atoms with Crippen molar-refractivity contribution in [3.8, 4) is 10.6 Å². The Bertz CT molecular complexity index is 602. The molecule has 0 unspecified atom stereocenters. The summed E-state index contributed by atoms with van der Waals surface area (Å²) in [5.41, 5.74) is -0.0417. The van der Waals surface area contributed by atoms with Gasteiger partial charge in [-0.15, -0.1) is 10.2 Å². The largest absolute Gasteiger partial charge is 0.319 e. The number of nitro benzene ring substituents is 1. The minimum Gasteiger partial charge on any atom is -0.319 e. The zero-order valence-corrected chi connectivity index (χ0v) is 10.9. The lowest BCUT2D eigenvalue weighted by molar-refractivity contribution is -0.385. The summed E-state index contributed by atoms with van der Waals surface area (Å²) in [5.74, 6) is -0.662. The molecule has 0 radical (unpaired) electrons. The second-order valence-electron chi connectivity index (χ2n) is 3.78. The highest BCUT2D eigenvalue weighted by Crippen LogP contribution is 2.28. The van der Waals surface area contributed by atoms with Gasteiger partial charge in [0.05, 0.1) is 11.0 Å². The highest BCUT2D eigenvalue weighted by Gasteiger charge is 2.15. The topological polar surface area (TPSA) is 81.0 Å². The molecule has 0 spiro atoms. The Kier molecular flexibility index (Phi) is 4.13. The van der Waals surface area contributed by atoms with E-state index < -0.39 is 10.7 Å². The Hall–Kier alpha value is -1.93. The minimum atomic E-state index is -0.662. The van der Waals surface area contributed by atoms with Crippen LogP contribution in [0.4, 0.5) is 10.1 Å². The van der Waals surface area contributed by atoms with Crippen molar-refractivity contribution in [1.29, 1.82) is 0 Å². The van der Waals surface area contributed by atoms with Gasteiger partial charge in [-0.25, -0.2) is 4.39 Å². The van der Waals surface area contributed by atoms with E-state index in [1.807, 2.05) is 7.05 Å². The number of benzene rings is 1. The Balaban J connectivity index is 2.26. The van der Waals surface area contributed by atoms with Crippen LogP contribution >= 0.6 is 11.3 Å². The van der Waals surface area contributed by atoms with Gasteiger partial charge >= 0.3 is 0 Å². The van der Waals surface area contributed by atoms with Gasteiger partial charge in [0, 0.05) is 24.6 Å². The van der Waals surface area contributed by atoms with Crippen LogP contribution in [0.1, 0.15) is 5.01 Å². The molecule has 0 amide bonds. The summed E-state index contributed by atoms with van der Waals surface area (Å²) in [4.78, 5) is 9.90. The molecule has 0 aliphatic rings. The first kappa shape index (κ1) is 13.5. The van der Waals surface area contributed by atoms with E-state index in [-0.39, 0.29) is 11.3 Å². The molecule has 19 heavy (non-hydrogen) atoms. The SMILES string of the molecule is CNCCc1nnc(-c2ccc([N+](=O)[O-])cc2F)s1. The van der Waals surface area contributed by atoms with E-state index in [9.17, 15) is 14.5 Å². The highest BCUT2D eigenvalue weighted by molar-refractivity contribution is 7.14. The highest BCUT2D eigenvalue weighted by atomic mass is 32.1. The molecule has 0 aliphatic carbocycles. The first-order chi connectivity index (χ1) is 9.11. The van der Waals surface area contributed by atoms with Crippen molar-refractivity contribution in [2.75, 3.05) is 13.6 Å². The van der Waals surface area contributed by atoms with Crippen molar-refractivity contribution in [3.05, 3.63) is 39.1 Å². The van der Waals surface area contributed by atoms with Crippen LogP contribution < -0.4 is 5.32 Å². The zero-order chi connectivity index (χ0) is 13.8. The molecular formula is C11H11FN4O2S. The molecular weight excluding hydrogens is 271 g/mol. The number of halogens is 1. The quantitative estimate of drug-likeness (QED) is 0.670. The van der Waals surface area contributed by atoms with Crippen molar-refractivity contribution in [2.45, 2.75) is 6.42 Å². The molecule has 0 bridgehead atoms. The summed E-state index contributed by atoms with van der Waals surface area (Å²) >= 11 is 1.28. The summed E-state index contributed by atoms with van der Waals surface area (Å²) in [6.45, 7) is 0.761. The van der Waals surface area contributed by atoms with Crippen LogP contribution in [0.5, 0.6) is 0 Å². The van der Waals surface area contributed by atoms with Gasteiger partial charge in [0.15, 0.2) is 5.01 Å². The third-order valence-electron chi connectivity index (χ3n) is 2.45. The van der Waals surface area contributed by atoms with E-state index in [0.29, 0.717) is 11.4 Å². The molecule has 6 nitrogen and oxygen atoms in total. The van der Waals surface area contributed by atoms with Crippen LogP contribution in [-0.4, -0.2) is 28.7 Å². The number of nitrogens with one attached hydrogen (secondary N) is 1. The lowest BCUT2D eigenvalue weighted by Gasteiger charge is -1.98.